The summed E-state index contributed by atoms with van der Waals surface area (Å²) in [5.74, 6) is -0.657. The monoisotopic (exact) mass is 468 g/mol. The molecule has 1 aliphatic rings. The lowest BCUT2D eigenvalue weighted by Gasteiger charge is -2.29. The van der Waals surface area contributed by atoms with Gasteiger partial charge in [0.25, 0.3) is 0 Å². The molecule has 0 heterocycles. The van der Waals surface area contributed by atoms with Crippen molar-refractivity contribution in [3.05, 3.63) is 64.7 Å². The quantitative estimate of drug-likeness (QED) is 0.250. The van der Waals surface area contributed by atoms with Crippen LogP contribution in [0, 0.1) is 17.6 Å². The number of rotatable bonds is 10. The molecule has 1 aliphatic carbocycles. The van der Waals surface area contributed by atoms with E-state index in [1.165, 1.54) is 62.8 Å². The van der Waals surface area contributed by atoms with E-state index < -0.39 is 18.0 Å². The average Bonchev–Trinajstić information content (AvgIpc) is 2.76. The number of alkyl halides is 3. The van der Waals surface area contributed by atoms with Crippen LogP contribution in [0.5, 0.6) is 5.75 Å². The Morgan fingerprint density at radius 3 is 2.03 bits per heavy atom. The molecule has 6 heteroatoms. The number of hydrogen-bond acceptors (Lipinski definition) is 1. The molecule has 0 spiro atoms. The van der Waals surface area contributed by atoms with Crippen molar-refractivity contribution in [1.82, 2.24) is 0 Å². The van der Waals surface area contributed by atoms with Crippen LogP contribution in [-0.2, 0) is 6.42 Å². The highest BCUT2D eigenvalue weighted by molar-refractivity contribution is 5.35. The maximum Gasteiger partial charge on any atom is 0.573 e. The second-order valence-corrected chi connectivity index (χ2v) is 9.25. The van der Waals surface area contributed by atoms with Gasteiger partial charge in [-0.25, -0.2) is 8.78 Å². The van der Waals surface area contributed by atoms with E-state index in [9.17, 15) is 22.0 Å². The van der Waals surface area contributed by atoms with E-state index in [1.54, 1.807) is 0 Å². The van der Waals surface area contributed by atoms with Crippen molar-refractivity contribution in [3.8, 4) is 5.75 Å². The maximum absolute atomic E-state index is 14.8. The van der Waals surface area contributed by atoms with Gasteiger partial charge < -0.3 is 4.74 Å². The molecule has 33 heavy (non-hydrogen) atoms. The molecule has 1 fully saturated rings. The van der Waals surface area contributed by atoms with Crippen LogP contribution in [-0.4, -0.2) is 6.36 Å². The Morgan fingerprint density at radius 1 is 0.848 bits per heavy atom. The molecule has 0 N–H and O–H groups in total. The van der Waals surface area contributed by atoms with Gasteiger partial charge in [0, 0.05) is 12.0 Å². The molecule has 1 nitrogen and oxygen atoms in total. The van der Waals surface area contributed by atoms with E-state index in [1.807, 2.05) is 0 Å². The Kier molecular flexibility index (Phi) is 9.16. The molecule has 1 saturated carbocycles. The number of hydrogen-bond donors (Lipinski definition) is 0. The fourth-order valence-electron chi connectivity index (χ4n) is 4.86. The van der Waals surface area contributed by atoms with Crippen LogP contribution in [0.3, 0.4) is 0 Å². The summed E-state index contributed by atoms with van der Waals surface area (Å²) in [4.78, 5) is 0. The van der Waals surface area contributed by atoms with Crippen LogP contribution >= 0.6 is 0 Å². The molecule has 0 aliphatic heterocycles. The van der Waals surface area contributed by atoms with E-state index in [4.69, 9.17) is 0 Å². The molecule has 0 unspecified atom stereocenters. The fraction of sp³-hybridized carbons (Fsp3) is 0.556. The highest BCUT2D eigenvalue weighted by atomic mass is 19.4. The Labute approximate surface area is 193 Å². The van der Waals surface area contributed by atoms with E-state index in [0.29, 0.717) is 11.1 Å². The average molecular weight is 469 g/mol. The molecule has 0 saturated heterocycles. The van der Waals surface area contributed by atoms with Crippen molar-refractivity contribution in [2.75, 3.05) is 0 Å². The van der Waals surface area contributed by atoms with Crippen LogP contribution in [0.1, 0.15) is 93.7 Å². The predicted molar refractivity (Wildman–Crippen MR) is 120 cm³/mol. The highest BCUT2D eigenvalue weighted by Crippen LogP contribution is 2.39. The first-order valence-electron chi connectivity index (χ1n) is 12.1. The SMILES string of the molecule is CCCCCCCC1CCC(c2cc(F)c(Cc3ccc(OC(F)(F)F)cc3)c(F)c2)CC1. The van der Waals surface area contributed by atoms with Crippen LogP contribution in [0.4, 0.5) is 22.0 Å². The lowest BCUT2D eigenvalue weighted by molar-refractivity contribution is -0.274. The summed E-state index contributed by atoms with van der Waals surface area (Å²) in [7, 11) is 0. The van der Waals surface area contributed by atoms with Gasteiger partial charge in [0.15, 0.2) is 0 Å². The lowest BCUT2D eigenvalue weighted by atomic mass is 9.76. The van der Waals surface area contributed by atoms with Crippen molar-refractivity contribution >= 4 is 0 Å². The molecule has 0 atom stereocenters. The van der Waals surface area contributed by atoms with Crippen molar-refractivity contribution < 1.29 is 26.7 Å². The van der Waals surface area contributed by atoms with E-state index >= 15 is 0 Å². The molecule has 3 rings (SSSR count). The highest BCUT2D eigenvalue weighted by Gasteiger charge is 2.31. The van der Waals surface area contributed by atoms with E-state index in [-0.39, 0.29) is 23.7 Å². The molecule has 0 radical (unpaired) electrons. The molecular formula is C27H33F5O. The summed E-state index contributed by atoms with van der Waals surface area (Å²) in [5.41, 5.74) is 1.16. The smallest absolute Gasteiger partial charge is 0.406 e. The van der Waals surface area contributed by atoms with Gasteiger partial charge in [-0.1, -0.05) is 57.6 Å². The minimum absolute atomic E-state index is 0.0327. The van der Waals surface area contributed by atoms with Gasteiger partial charge >= 0.3 is 6.36 Å². The van der Waals surface area contributed by atoms with Crippen molar-refractivity contribution in [3.63, 3.8) is 0 Å². The predicted octanol–water partition coefficient (Wildman–Crippen LogP) is 9.09. The van der Waals surface area contributed by atoms with Crippen LogP contribution < -0.4 is 4.74 Å². The molecule has 0 amide bonds. The summed E-state index contributed by atoms with van der Waals surface area (Å²) in [6.45, 7) is 2.22. The van der Waals surface area contributed by atoms with Gasteiger partial charge in [0.1, 0.15) is 17.4 Å². The van der Waals surface area contributed by atoms with Crippen molar-refractivity contribution in [2.24, 2.45) is 5.92 Å². The third-order valence-corrected chi connectivity index (χ3v) is 6.74. The normalized spacial score (nSPS) is 19.0. The minimum Gasteiger partial charge on any atom is -0.406 e. The van der Waals surface area contributed by atoms with E-state index in [0.717, 1.165) is 43.7 Å². The maximum atomic E-state index is 14.8. The summed E-state index contributed by atoms with van der Waals surface area (Å²) in [6, 6.07) is 7.95. The Morgan fingerprint density at radius 2 is 1.45 bits per heavy atom. The third-order valence-electron chi connectivity index (χ3n) is 6.74. The zero-order valence-corrected chi connectivity index (χ0v) is 19.2. The molecule has 182 valence electrons. The second kappa shape index (κ2) is 11.8. The Balaban J connectivity index is 1.55. The molecule has 2 aromatic carbocycles. The zero-order chi connectivity index (χ0) is 23.8. The van der Waals surface area contributed by atoms with Gasteiger partial charge in [-0.2, -0.15) is 0 Å². The summed E-state index contributed by atoms with van der Waals surface area (Å²) >= 11 is 0. The third kappa shape index (κ3) is 8.01. The largest absolute Gasteiger partial charge is 0.573 e. The number of unbranched alkanes of at least 4 members (excludes halogenated alkanes) is 4. The molecular weight excluding hydrogens is 435 g/mol. The fourth-order valence-corrected chi connectivity index (χ4v) is 4.86. The number of ether oxygens (including phenoxy) is 1. The lowest BCUT2D eigenvalue weighted by Crippen LogP contribution is -2.17. The van der Waals surface area contributed by atoms with Crippen molar-refractivity contribution in [1.29, 1.82) is 0 Å². The first-order valence-corrected chi connectivity index (χ1v) is 12.1. The topological polar surface area (TPSA) is 9.23 Å². The minimum atomic E-state index is -4.77. The summed E-state index contributed by atoms with van der Waals surface area (Å²) in [6.07, 6.45) is 7.01. The zero-order valence-electron chi connectivity index (χ0n) is 19.2. The standard InChI is InChI=1S/C27H33F5O/c1-2-3-4-5-6-7-19-8-12-21(13-9-19)22-17-25(28)24(26(29)18-22)16-20-10-14-23(15-11-20)33-27(30,31)32/h10-11,14-15,17-19,21H,2-9,12-13,16H2,1H3. The van der Waals surface area contributed by atoms with Gasteiger partial charge in [0.2, 0.25) is 0 Å². The van der Waals surface area contributed by atoms with E-state index in [2.05, 4.69) is 11.7 Å². The molecule has 0 aromatic heterocycles. The first kappa shape index (κ1) is 25.5. The summed E-state index contributed by atoms with van der Waals surface area (Å²) < 4.78 is 70.2. The van der Waals surface area contributed by atoms with Gasteiger partial charge in [-0.15, -0.1) is 13.2 Å². The Bertz CT molecular complexity index is 844. The molecule has 2 aromatic rings. The summed E-state index contributed by atoms with van der Waals surface area (Å²) in [5, 5.41) is 0. The van der Waals surface area contributed by atoms with Crippen LogP contribution in [0.15, 0.2) is 36.4 Å². The van der Waals surface area contributed by atoms with Crippen LogP contribution in [0.2, 0.25) is 0 Å². The second-order valence-electron chi connectivity index (χ2n) is 9.25. The number of benzene rings is 2. The van der Waals surface area contributed by atoms with Gasteiger partial charge in [0.05, 0.1) is 0 Å². The van der Waals surface area contributed by atoms with Crippen molar-refractivity contribution in [2.45, 2.75) is 89.8 Å². The Hall–Kier alpha value is -2.11. The molecule has 0 bridgehead atoms. The van der Waals surface area contributed by atoms with Crippen LogP contribution in [0.25, 0.3) is 0 Å². The van der Waals surface area contributed by atoms with Gasteiger partial charge in [-0.3, -0.25) is 0 Å². The first-order chi connectivity index (χ1) is 15.7. The van der Waals surface area contributed by atoms with Gasteiger partial charge in [-0.05, 0) is 72.9 Å². The number of halogens is 5.